The van der Waals surface area contributed by atoms with Crippen molar-refractivity contribution in [2.45, 2.75) is 156 Å². The number of benzene rings is 5. The maximum atomic E-state index is 2.82. The standard InChI is InChI=1S/C59H71BN2S/c1-36-33-45-49-46(34-36)62(44-28-23-39(55(5,6)7)35-41(44)37-19-17-16-18-20-37)51-48-52(59(14,15)32-31-58(48,12)13)63-53(51)60(49)43-27-26-42-47(57(10,11)30-29-56(42,8)9)50(43)61(45)40-24-21-38(22-25-40)54(2,3)4/h16-28,33-35,48,52H,29-32H2,1-15H3. The molecule has 5 aliphatic rings. The number of allylic oxidation sites excluding steroid dienone is 1. The van der Waals surface area contributed by atoms with Crippen molar-refractivity contribution in [3.63, 3.8) is 0 Å². The van der Waals surface area contributed by atoms with Gasteiger partial charge in [-0.1, -0.05) is 158 Å². The van der Waals surface area contributed by atoms with Crippen molar-refractivity contribution < 1.29 is 0 Å². The molecule has 10 rings (SSSR count). The molecule has 4 heteroatoms. The van der Waals surface area contributed by atoms with Gasteiger partial charge in [-0.25, -0.2) is 0 Å². The monoisotopic (exact) mass is 851 g/mol. The maximum absolute atomic E-state index is 2.82. The lowest BCUT2D eigenvalue weighted by molar-refractivity contribution is 0.0881. The van der Waals surface area contributed by atoms with Gasteiger partial charge in [-0.3, -0.25) is 0 Å². The number of aryl methyl sites for hydroxylation is 1. The Morgan fingerprint density at radius 1 is 0.603 bits per heavy atom. The summed E-state index contributed by atoms with van der Waals surface area (Å²) in [6.07, 6.45) is 4.84. The summed E-state index contributed by atoms with van der Waals surface area (Å²) in [5, 5.41) is 0.473. The molecule has 326 valence electrons. The molecule has 1 fully saturated rings. The molecule has 2 unspecified atom stereocenters. The van der Waals surface area contributed by atoms with Crippen LogP contribution in [0.1, 0.15) is 150 Å². The van der Waals surface area contributed by atoms with Crippen LogP contribution in [-0.4, -0.2) is 12.0 Å². The summed E-state index contributed by atoms with van der Waals surface area (Å²) < 4.78 is 0. The normalized spacial score (nSPS) is 22.6. The van der Waals surface area contributed by atoms with E-state index in [4.69, 9.17) is 0 Å². The van der Waals surface area contributed by atoms with Crippen molar-refractivity contribution in [3.05, 3.63) is 135 Å². The number of nitrogens with zero attached hydrogens (tertiary/aromatic N) is 2. The van der Waals surface area contributed by atoms with E-state index in [9.17, 15) is 0 Å². The minimum atomic E-state index is 0.0138. The minimum absolute atomic E-state index is 0.0138. The average molecular weight is 851 g/mol. The molecule has 1 saturated carbocycles. The van der Waals surface area contributed by atoms with E-state index < -0.39 is 0 Å². The van der Waals surface area contributed by atoms with Crippen molar-refractivity contribution in [2.75, 3.05) is 9.80 Å². The fourth-order valence-electron chi connectivity index (χ4n) is 12.4. The predicted molar refractivity (Wildman–Crippen MR) is 276 cm³/mol. The molecule has 2 nitrogen and oxygen atoms in total. The molecule has 63 heavy (non-hydrogen) atoms. The number of fused-ring (bicyclic) bond motifs is 7. The van der Waals surface area contributed by atoms with E-state index in [1.807, 2.05) is 0 Å². The molecule has 0 saturated heterocycles. The van der Waals surface area contributed by atoms with Crippen LogP contribution < -0.4 is 20.7 Å². The van der Waals surface area contributed by atoms with E-state index in [-0.39, 0.29) is 39.2 Å². The highest BCUT2D eigenvalue weighted by atomic mass is 32.2. The molecule has 3 heterocycles. The Bertz CT molecular complexity index is 2700. The summed E-state index contributed by atoms with van der Waals surface area (Å²) in [5.41, 5.74) is 21.4. The quantitative estimate of drug-likeness (QED) is 0.167. The molecule has 0 radical (unpaired) electrons. The number of rotatable bonds is 3. The van der Waals surface area contributed by atoms with Crippen LogP contribution in [0.5, 0.6) is 0 Å². The third-order valence-electron chi connectivity index (χ3n) is 16.4. The molecule has 2 atom stereocenters. The number of anilines is 5. The molecule has 0 N–H and O–H groups in total. The minimum Gasteiger partial charge on any atom is -0.314 e. The average Bonchev–Trinajstić information content (AvgIpc) is 3.64. The van der Waals surface area contributed by atoms with Crippen LogP contribution in [0, 0.1) is 23.7 Å². The SMILES string of the molecule is Cc1cc2c3c(c1)N(c1ccc(C(C)(C)C)cc1)c1c(ccc4c1C(C)(C)CCC4(C)C)B3C1=C(C3C(S1)C(C)(C)CCC3(C)C)N2c1ccc(C(C)(C)C)cc1-c1ccccc1. The Morgan fingerprint density at radius 3 is 1.86 bits per heavy atom. The van der Waals surface area contributed by atoms with Crippen LogP contribution in [0.25, 0.3) is 11.1 Å². The van der Waals surface area contributed by atoms with E-state index >= 15 is 0 Å². The van der Waals surface area contributed by atoms with Crippen LogP contribution in [0.4, 0.5) is 28.4 Å². The number of thioether (sulfide) groups is 1. The summed E-state index contributed by atoms with van der Waals surface area (Å²) in [6, 6.07) is 38.6. The fraction of sp³-hybridized carbons (Fsp3) is 0.458. The van der Waals surface area contributed by atoms with Gasteiger partial charge in [0, 0.05) is 45.2 Å². The lowest BCUT2D eigenvalue weighted by atomic mass is 9.35. The van der Waals surface area contributed by atoms with Gasteiger partial charge in [0.1, 0.15) is 0 Å². The van der Waals surface area contributed by atoms with Gasteiger partial charge in [0.2, 0.25) is 0 Å². The highest BCUT2D eigenvalue weighted by Crippen LogP contribution is 2.66. The van der Waals surface area contributed by atoms with Gasteiger partial charge in [-0.15, -0.1) is 11.8 Å². The topological polar surface area (TPSA) is 6.48 Å². The third-order valence-corrected chi connectivity index (χ3v) is 18.3. The van der Waals surface area contributed by atoms with Crippen LogP contribution in [0.15, 0.2) is 108 Å². The molecular formula is C59H71BN2S. The van der Waals surface area contributed by atoms with Gasteiger partial charge in [-0.2, -0.15) is 0 Å². The highest BCUT2D eigenvalue weighted by Gasteiger charge is 2.60. The Kier molecular flexibility index (Phi) is 9.46. The lowest BCUT2D eigenvalue weighted by Crippen LogP contribution is -2.57. The molecule has 5 aromatic rings. The Labute approximate surface area is 385 Å². The summed E-state index contributed by atoms with van der Waals surface area (Å²) >= 11 is 2.26. The fourth-order valence-corrected chi connectivity index (χ4v) is 14.4. The molecule has 5 aromatic carbocycles. The number of hydrogen-bond donors (Lipinski definition) is 0. The first-order chi connectivity index (χ1) is 29.4. The smallest absolute Gasteiger partial charge is 0.259 e. The van der Waals surface area contributed by atoms with E-state index in [0.29, 0.717) is 11.2 Å². The second kappa shape index (κ2) is 13.9. The second-order valence-electron chi connectivity index (χ2n) is 24.9. The summed E-state index contributed by atoms with van der Waals surface area (Å²) in [6.45, 7) is 36.9. The second-order valence-corrected chi connectivity index (χ2v) is 26.1. The first-order valence-electron chi connectivity index (χ1n) is 24.0. The summed E-state index contributed by atoms with van der Waals surface area (Å²) in [7, 11) is 0. The molecule has 0 spiro atoms. The molecule has 0 bridgehead atoms. The Balaban J connectivity index is 1.35. The largest absolute Gasteiger partial charge is 0.314 e. The number of hydrogen-bond acceptors (Lipinski definition) is 3. The molecule has 2 aliphatic carbocycles. The van der Waals surface area contributed by atoms with Crippen LogP contribution in [0.3, 0.4) is 0 Å². The van der Waals surface area contributed by atoms with Crippen molar-refractivity contribution >= 4 is 57.8 Å². The van der Waals surface area contributed by atoms with Crippen LogP contribution in [0.2, 0.25) is 0 Å². The van der Waals surface area contributed by atoms with E-state index in [1.165, 1.54) is 98.4 Å². The summed E-state index contributed by atoms with van der Waals surface area (Å²) in [5.74, 6) is 0.392. The first-order valence-corrected chi connectivity index (χ1v) is 24.9. The third kappa shape index (κ3) is 6.56. The van der Waals surface area contributed by atoms with Gasteiger partial charge in [0.15, 0.2) is 0 Å². The van der Waals surface area contributed by atoms with E-state index in [2.05, 4.69) is 222 Å². The Morgan fingerprint density at radius 2 is 1.21 bits per heavy atom. The maximum Gasteiger partial charge on any atom is 0.259 e. The first kappa shape index (κ1) is 42.8. The van der Waals surface area contributed by atoms with Crippen molar-refractivity contribution in [1.29, 1.82) is 0 Å². The predicted octanol–water partition coefficient (Wildman–Crippen LogP) is 15.5. The molecule has 0 aromatic heterocycles. The zero-order valence-electron chi connectivity index (χ0n) is 41.1. The zero-order chi connectivity index (χ0) is 45.0. The van der Waals surface area contributed by atoms with Crippen molar-refractivity contribution in [2.24, 2.45) is 16.7 Å². The van der Waals surface area contributed by atoms with E-state index in [1.54, 1.807) is 16.1 Å². The lowest BCUT2D eigenvalue weighted by Gasteiger charge is -2.52. The van der Waals surface area contributed by atoms with Crippen molar-refractivity contribution in [1.82, 2.24) is 0 Å². The highest BCUT2D eigenvalue weighted by molar-refractivity contribution is 8.06. The van der Waals surface area contributed by atoms with Gasteiger partial charge < -0.3 is 9.80 Å². The zero-order valence-corrected chi connectivity index (χ0v) is 41.9. The molecular weight excluding hydrogens is 780 g/mol. The van der Waals surface area contributed by atoms with Crippen LogP contribution >= 0.6 is 11.8 Å². The van der Waals surface area contributed by atoms with Gasteiger partial charge in [0.25, 0.3) is 6.71 Å². The van der Waals surface area contributed by atoms with E-state index in [0.717, 1.165) is 0 Å². The van der Waals surface area contributed by atoms with Crippen LogP contribution in [-0.2, 0) is 21.7 Å². The van der Waals surface area contributed by atoms with Gasteiger partial charge in [0.05, 0.1) is 5.69 Å². The molecule has 3 aliphatic heterocycles. The molecule has 0 amide bonds. The van der Waals surface area contributed by atoms with Gasteiger partial charge >= 0.3 is 0 Å². The van der Waals surface area contributed by atoms with Crippen molar-refractivity contribution in [3.8, 4) is 11.1 Å². The summed E-state index contributed by atoms with van der Waals surface area (Å²) in [4.78, 5) is 7.14. The van der Waals surface area contributed by atoms with Gasteiger partial charge in [-0.05, 0) is 151 Å². The Hall–Kier alpha value is -4.15.